The Morgan fingerprint density at radius 2 is 1.90 bits per heavy atom. The van der Waals surface area contributed by atoms with E-state index in [2.05, 4.69) is 29.5 Å². The number of rotatable bonds is 3. The van der Waals surface area contributed by atoms with Gasteiger partial charge >= 0.3 is 0 Å². The van der Waals surface area contributed by atoms with Gasteiger partial charge in [0.2, 0.25) is 0 Å². The van der Waals surface area contributed by atoms with E-state index < -0.39 is 0 Å². The average molecular weight is 284 g/mol. The van der Waals surface area contributed by atoms with Crippen LogP contribution in [0.25, 0.3) is 11.3 Å². The second kappa shape index (κ2) is 5.09. The predicted molar refractivity (Wildman–Crippen MR) is 83.5 cm³/mol. The van der Waals surface area contributed by atoms with Crippen LogP contribution >= 0.6 is 11.3 Å². The molecule has 20 heavy (non-hydrogen) atoms. The third-order valence-electron chi connectivity index (χ3n) is 3.08. The van der Waals surface area contributed by atoms with Crippen LogP contribution < -0.4 is 5.32 Å². The van der Waals surface area contributed by atoms with E-state index in [4.69, 9.17) is 4.98 Å². The molecule has 0 atom stereocenters. The maximum absolute atomic E-state index is 4.69. The molecule has 0 saturated heterocycles. The highest BCUT2D eigenvalue weighted by Crippen LogP contribution is 2.31. The van der Waals surface area contributed by atoms with Crippen LogP contribution in [0.4, 0.5) is 10.9 Å². The molecular weight excluding hydrogens is 268 g/mol. The van der Waals surface area contributed by atoms with Gasteiger partial charge in [0, 0.05) is 23.6 Å². The lowest BCUT2D eigenvalue weighted by Crippen LogP contribution is -1.98. The summed E-state index contributed by atoms with van der Waals surface area (Å²) < 4.78 is 1.83. The number of nitrogens with zero attached hydrogens (tertiary/aromatic N) is 3. The molecule has 0 unspecified atom stereocenters. The molecular formula is C15H16N4S. The molecule has 102 valence electrons. The van der Waals surface area contributed by atoms with Crippen molar-refractivity contribution >= 4 is 22.3 Å². The second-order valence-electron chi connectivity index (χ2n) is 4.71. The fraction of sp³-hybridized carbons (Fsp3) is 0.200. The first kappa shape index (κ1) is 12.9. The number of nitrogens with one attached hydrogen (secondary N) is 1. The Kier molecular flexibility index (Phi) is 3.28. The van der Waals surface area contributed by atoms with Crippen LogP contribution in [0.1, 0.15) is 10.6 Å². The summed E-state index contributed by atoms with van der Waals surface area (Å²) in [5, 5.41) is 8.55. The molecule has 1 N–H and O–H groups in total. The van der Waals surface area contributed by atoms with E-state index in [1.807, 2.05) is 42.9 Å². The van der Waals surface area contributed by atoms with Crippen molar-refractivity contribution < 1.29 is 0 Å². The minimum absolute atomic E-state index is 0.893. The van der Waals surface area contributed by atoms with Gasteiger partial charge in [-0.1, -0.05) is 30.3 Å². The summed E-state index contributed by atoms with van der Waals surface area (Å²) in [6, 6.07) is 12.3. The van der Waals surface area contributed by atoms with Gasteiger partial charge in [-0.3, -0.25) is 4.68 Å². The first-order chi connectivity index (χ1) is 9.63. The maximum Gasteiger partial charge on any atom is 0.189 e. The first-order valence-electron chi connectivity index (χ1n) is 6.44. The van der Waals surface area contributed by atoms with Crippen molar-refractivity contribution in [2.75, 3.05) is 5.32 Å². The summed E-state index contributed by atoms with van der Waals surface area (Å²) in [7, 11) is 1.92. The zero-order valence-corrected chi connectivity index (χ0v) is 12.5. The summed E-state index contributed by atoms with van der Waals surface area (Å²) in [5.74, 6) is 0.955. The smallest absolute Gasteiger partial charge is 0.189 e. The molecule has 0 saturated carbocycles. The number of aryl methyl sites for hydroxylation is 3. The predicted octanol–water partition coefficient (Wildman–Crippen LogP) is 3.90. The fourth-order valence-electron chi connectivity index (χ4n) is 2.15. The van der Waals surface area contributed by atoms with Crippen molar-refractivity contribution in [3.05, 3.63) is 47.0 Å². The lowest BCUT2D eigenvalue weighted by Gasteiger charge is -2.01. The molecule has 0 fully saturated rings. The number of benzene rings is 1. The Balaban J connectivity index is 1.91. The van der Waals surface area contributed by atoms with E-state index in [9.17, 15) is 0 Å². The van der Waals surface area contributed by atoms with Gasteiger partial charge in [-0.15, -0.1) is 11.3 Å². The number of hydrogen-bond donors (Lipinski definition) is 1. The highest BCUT2D eigenvalue weighted by molar-refractivity contribution is 7.16. The molecule has 0 aliphatic heterocycles. The van der Waals surface area contributed by atoms with Gasteiger partial charge in [-0.05, 0) is 13.8 Å². The van der Waals surface area contributed by atoms with E-state index in [-0.39, 0.29) is 0 Å². The Hall–Kier alpha value is -2.14. The van der Waals surface area contributed by atoms with Crippen molar-refractivity contribution in [2.45, 2.75) is 13.8 Å². The maximum atomic E-state index is 4.69. The summed E-state index contributed by atoms with van der Waals surface area (Å²) in [6.07, 6.45) is 0. The van der Waals surface area contributed by atoms with Gasteiger partial charge < -0.3 is 5.32 Å². The monoisotopic (exact) mass is 284 g/mol. The largest absolute Gasteiger partial charge is 0.316 e. The standard InChI is InChI=1S/C15H16N4S/c1-10-9-13(19(3)18-10)16-15-17-14(11(2)20-15)12-7-5-4-6-8-12/h4-9H,1-3H3,(H,16,17). The molecule has 2 aromatic heterocycles. The zero-order valence-electron chi connectivity index (χ0n) is 11.7. The first-order valence-corrected chi connectivity index (χ1v) is 7.25. The fourth-order valence-corrected chi connectivity index (χ4v) is 2.99. The van der Waals surface area contributed by atoms with Gasteiger partial charge in [0.25, 0.3) is 0 Å². The number of hydrogen-bond acceptors (Lipinski definition) is 4. The number of thiazole rings is 1. The number of aromatic nitrogens is 3. The molecule has 0 aliphatic rings. The topological polar surface area (TPSA) is 42.7 Å². The molecule has 0 radical (unpaired) electrons. The third-order valence-corrected chi connectivity index (χ3v) is 3.97. The molecule has 0 bridgehead atoms. The molecule has 3 aromatic rings. The van der Waals surface area contributed by atoms with Crippen LogP contribution in [-0.4, -0.2) is 14.8 Å². The van der Waals surface area contributed by atoms with Gasteiger partial charge in [-0.2, -0.15) is 5.10 Å². The summed E-state index contributed by atoms with van der Waals surface area (Å²) in [4.78, 5) is 5.90. The minimum atomic E-state index is 0.893. The van der Waals surface area contributed by atoms with Crippen molar-refractivity contribution in [1.82, 2.24) is 14.8 Å². The van der Waals surface area contributed by atoms with Crippen LogP contribution in [0, 0.1) is 13.8 Å². The van der Waals surface area contributed by atoms with Crippen molar-refractivity contribution in [1.29, 1.82) is 0 Å². The van der Waals surface area contributed by atoms with Crippen molar-refractivity contribution in [2.24, 2.45) is 7.05 Å². The van der Waals surface area contributed by atoms with E-state index >= 15 is 0 Å². The van der Waals surface area contributed by atoms with E-state index in [1.54, 1.807) is 11.3 Å². The SMILES string of the molecule is Cc1cc(Nc2nc(-c3ccccc3)c(C)s2)n(C)n1. The molecule has 0 spiro atoms. The molecule has 3 rings (SSSR count). The van der Waals surface area contributed by atoms with Gasteiger partial charge in [0.05, 0.1) is 11.4 Å². The second-order valence-corrected chi connectivity index (χ2v) is 5.91. The Bertz CT molecular complexity index is 728. The quantitative estimate of drug-likeness (QED) is 0.793. The highest BCUT2D eigenvalue weighted by atomic mass is 32.1. The Morgan fingerprint density at radius 1 is 1.15 bits per heavy atom. The highest BCUT2D eigenvalue weighted by Gasteiger charge is 2.11. The molecule has 2 heterocycles. The molecule has 0 amide bonds. The van der Waals surface area contributed by atoms with Crippen molar-refractivity contribution in [3.63, 3.8) is 0 Å². The molecule has 0 aliphatic carbocycles. The minimum Gasteiger partial charge on any atom is -0.316 e. The summed E-state index contributed by atoms with van der Waals surface area (Å²) >= 11 is 1.66. The van der Waals surface area contributed by atoms with E-state index in [1.165, 1.54) is 4.88 Å². The Morgan fingerprint density at radius 3 is 2.55 bits per heavy atom. The number of anilines is 2. The molecule has 4 nitrogen and oxygen atoms in total. The van der Waals surface area contributed by atoms with Gasteiger partial charge in [-0.25, -0.2) is 4.98 Å². The van der Waals surface area contributed by atoms with Crippen LogP contribution in [0.5, 0.6) is 0 Å². The third kappa shape index (κ3) is 2.44. The lowest BCUT2D eigenvalue weighted by molar-refractivity contribution is 0.765. The molecule has 1 aromatic carbocycles. The van der Waals surface area contributed by atoms with Crippen LogP contribution in [0.15, 0.2) is 36.4 Å². The van der Waals surface area contributed by atoms with Crippen LogP contribution in [0.3, 0.4) is 0 Å². The van der Waals surface area contributed by atoms with Crippen LogP contribution in [0.2, 0.25) is 0 Å². The van der Waals surface area contributed by atoms with E-state index in [0.717, 1.165) is 27.9 Å². The summed E-state index contributed by atoms with van der Waals surface area (Å²) in [5.41, 5.74) is 3.18. The lowest BCUT2D eigenvalue weighted by atomic mass is 10.1. The zero-order chi connectivity index (χ0) is 14.1. The van der Waals surface area contributed by atoms with Gasteiger partial charge in [0.15, 0.2) is 5.13 Å². The summed E-state index contributed by atoms with van der Waals surface area (Å²) in [6.45, 7) is 4.08. The Labute approximate surface area is 122 Å². The van der Waals surface area contributed by atoms with E-state index in [0.29, 0.717) is 0 Å². The normalized spacial score (nSPS) is 10.8. The average Bonchev–Trinajstić information content (AvgIpc) is 2.94. The molecule has 5 heteroatoms. The van der Waals surface area contributed by atoms with Crippen molar-refractivity contribution in [3.8, 4) is 11.3 Å². The van der Waals surface area contributed by atoms with Gasteiger partial charge in [0.1, 0.15) is 5.82 Å². The van der Waals surface area contributed by atoms with Crippen LogP contribution in [-0.2, 0) is 7.05 Å².